The zero-order valence-corrected chi connectivity index (χ0v) is 10.3. The Morgan fingerprint density at radius 2 is 2.33 bits per heavy atom. The van der Waals surface area contributed by atoms with Crippen LogP contribution in [0.25, 0.3) is 0 Å². The van der Waals surface area contributed by atoms with Gasteiger partial charge in [0.15, 0.2) is 0 Å². The summed E-state index contributed by atoms with van der Waals surface area (Å²) >= 11 is 0. The number of hydrogen-bond acceptors (Lipinski definition) is 3. The molecule has 0 fully saturated rings. The molecule has 3 heteroatoms. The van der Waals surface area contributed by atoms with Crippen molar-refractivity contribution in [2.75, 3.05) is 39.9 Å². The Hall–Kier alpha value is -0.380. The Morgan fingerprint density at radius 1 is 1.53 bits per heavy atom. The molecule has 15 heavy (non-hydrogen) atoms. The first-order valence-corrected chi connectivity index (χ1v) is 5.85. The van der Waals surface area contributed by atoms with Crippen molar-refractivity contribution < 1.29 is 4.74 Å². The lowest BCUT2D eigenvalue weighted by molar-refractivity contribution is 0.211. The topological polar surface area (TPSA) is 24.5 Å². The van der Waals surface area contributed by atoms with Crippen LogP contribution in [-0.2, 0) is 4.74 Å². The first-order valence-electron chi connectivity index (χ1n) is 5.85. The van der Waals surface area contributed by atoms with E-state index >= 15 is 0 Å². The van der Waals surface area contributed by atoms with Gasteiger partial charge in [0.25, 0.3) is 0 Å². The van der Waals surface area contributed by atoms with Crippen LogP contribution in [0, 0.1) is 0 Å². The van der Waals surface area contributed by atoms with Crippen LogP contribution in [0.2, 0.25) is 0 Å². The maximum absolute atomic E-state index is 5.13. The second-order valence-corrected chi connectivity index (χ2v) is 4.45. The molecule has 1 N–H and O–H groups in total. The SMILES string of the molecule is COCC1=CCN(CCNC(C)C)CC1. The minimum Gasteiger partial charge on any atom is -0.380 e. The van der Waals surface area contributed by atoms with Crippen LogP contribution in [0.15, 0.2) is 11.6 Å². The van der Waals surface area contributed by atoms with Gasteiger partial charge in [-0.05, 0) is 12.0 Å². The molecule has 0 aliphatic carbocycles. The van der Waals surface area contributed by atoms with Crippen LogP contribution in [0.4, 0.5) is 0 Å². The average Bonchev–Trinajstić information content (AvgIpc) is 2.20. The van der Waals surface area contributed by atoms with E-state index in [4.69, 9.17) is 4.74 Å². The molecule has 0 saturated heterocycles. The normalized spacial score (nSPS) is 18.3. The van der Waals surface area contributed by atoms with Crippen molar-refractivity contribution >= 4 is 0 Å². The Morgan fingerprint density at radius 3 is 2.87 bits per heavy atom. The van der Waals surface area contributed by atoms with Crippen LogP contribution in [-0.4, -0.2) is 50.8 Å². The summed E-state index contributed by atoms with van der Waals surface area (Å²) in [5.74, 6) is 0. The summed E-state index contributed by atoms with van der Waals surface area (Å²) in [7, 11) is 1.76. The van der Waals surface area contributed by atoms with E-state index < -0.39 is 0 Å². The Labute approximate surface area is 93.5 Å². The van der Waals surface area contributed by atoms with Gasteiger partial charge in [-0.3, -0.25) is 4.90 Å². The third-order valence-corrected chi connectivity index (χ3v) is 2.70. The smallest absolute Gasteiger partial charge is 0.0673 e. The monoisotopic (exact) mass is 212 g/mol. The summed E-state index contributed by atoms with van der Waals surface area (Å²) in [5.41, 5.74) is 1.45. The van der Waals surface area contributed by atoms with Gasteiger partial charge in [-0.15, -0.1) is 0 Å². The first-order chi connectivity index (χ1) is 7.22. The molecule has 3 nitrogen and oxygen atoms in total. The fourth-order valence-electron chi connectivity index (χ4n) is 1.78. The molecule has 1 heterocycles. The van der Waals surface area contributed by atoms with Crippen molar-refractivity contribution in [3.63, 3.8) is 0 Å². The lowest BCUT2D eigenvalue weighted by Crippen LogP contribution is -2.37. The van der Waals surface area contributed by atoms with E-state index in [0.717, 1.165) is 32.7 Å². The van der Waals surface area contributed by atoms with Crippen molar-refractivity contribution in [2.24, 2.45) is 0 Å². The molecule has 0 unspecified atom stereocenters. The van der Waals surface area contributed by atoms with Crippen LogP contribution in [0.3, 0.4) is 0 Å². The van der Waals surface area contributed by atoms with Gasteiger partial charge >= 0.3 is 0 Å². The summed E-state index contributed by atoms with van der Waals surface area (Å²) in [6, 6.07) is 0.592. The lowest BCUT2D eigenvalue weighted by atomic mass is 10.1. The lowest BCUT2D eigenvalue weighted by Gasteiger charge is -2.26. The van der Waals surface area contributed by atoms with E-state index in [2.05, 4.69) is 30.1 Å². The summed E-state index contributed by atoms with van der Waals surface area (Å²) in [6.07, 6.45) is 3.47. The van der Waals surface area contributed by atoms with Gasteiger partial charge in [0.05, 0.1) is 6.61 Å². The number of nitrogens with one attached hydrogen (secondary N) is 1. The molecule has 0 aromatic heterocycles. The molecule has 0 amide bonds. The predicted molar refractivity (Wildman–Crippen MR) is 64.2 cm³/mol. The van der Waals surface area contributed by atoms with Crippen molar-refractivity contribution in [1.82, 2.24) is 10.2 Å². The van der Waals surface area contributed by atoms with E-state index in [0.29, 0.717) is 6.04 Å². The van der Waals surface area contributed by atoms with E-state index in [1.54, 1.807) is 7.11 Å². The Kier molecular flexibility index (Phi) is 5.91. The number of ether oxygens (including phenoxy) is 1. The molecule has 88 valence electrons. The van der Waals surface area contributed by atoms with Gasteiger partial charge in [-0.1, -0.05) is 19.9 Å². The van der Waals surface area contributed by atoms with Crippen molar-refractivity contribution in [3.05, 3.63) is 11.6 Å². The molecular weight excluding hydrogens is 188 g/mol. The van der Waals surface area contributed by atoms with Crippen LogP contribution < -0.4 is 5.32 Å². The van der Waals surface area contributed by atoms with E-state index in [1.165, 1.54) is 12.1 Å². The molecule has 1 rings (SSSR count). The number of nitrogens with zero attached hydrogens (tertiary/aromatic N) is 1. The Bertz CT molecular complexity index is 202. The molecule has 0 saturated carbocycles. The van der Waals surface area contributed by atoms with E-state index in [9.17, 15) is 0 Å². The van der Waals surface area contributed by atoms with Crippen molar-refractivity contribution in [3.8, 4) is 0 Å². The zero-order valence-electron chi connectivity index (χ0n) is 10.3. The highest BCUT2D eigenvalue weighted by Gasteiger charge is 2.10. The molecule has 1 aliphatic rings. The molecular formula is C12H24N2O. The zero-order chi connectivity index (χ0) is 11.1. The highest BCUT2D eigenvalue weighted by atomic mass is 16.5. The van der Waals surface area contributed by atoms with Crippen LogP contribution in [0.1, 0.15) is 20.3 Å². The number of methoxy groups -OCH3 is 1. The van der Waals surface area contributed by atoms with Gasteiger partial charge in [0.2, 0.25) is 0 Å². The second-order valence-electron chi connectivity index (χ2n) is 4.45. The maximum Gasteiger partial charge on any atom is 0.0673 e. The van der Waals surface area contributed by atoms with Gasteiger partial charge in [0, 0.05) is 39.3 Å². The predicted octanol–water partition coefficient (Wildman–Crippen LogP) is 1.26. The van der Waals surface area contributed by atoms with Crippen molar-refractivity contribution in [1.29, 1.82) is 0 Å². The van der Waals surface area contributed by atoms with Gasteiger partial charge < -0.3 is 10.1 Å². The Balaban J connectivity index is 2.14. The van der Waals surface area contributed by atoms with Crippen LogP contribution >= 0.6 is 0 Å². The molecule has 0 aromatic rings. The van der Waals surface area contributed by atoms with Gasteiger partial charge in [-0.25, -0.2) is 0 Å². The fraction of sp³-hybridized carbons (Fsp3) is 0.833. The molecule has 1 aliphatic heterocycles. The molecule has 0 radical (unpaired) electrons. The minimum absolute atomic E-state index is 0.592. The van der Waals surface area contributed by atoms with Crippen LogP contribution in [0.5, 0.6) is 0 Å². The summed E-state index contributed by atoms with van der Waals surface area (Å²) in [5, 5.41) is 3.44. The van der Waals surface area contributed by atoms with Gasteiger partial charge in [0.1, 0.15) is 0 Å². The highest BCUT2D eigenvalue weighted by molar-refractivity contribution is 5.07. The second kappa shape index (κ2) is 6.99. The minimum atomic E-state index is 0.592. The summed E-state index contributed by atoms with van der Waals surface area (Å²) in [6.45, 7) is 9.67. The maximum atomic E-state index is 5.13. The van der Waals surface area contributed by atoms with E-state index in [-0.39, 0.29) is 0 Å². The standard InChI is InChI=1S/C12H24N2O/c1-11(2)13-6-9-14-7-4-12(5-8-14)10-15-3/h4,11,13H,5-10H2,1-3H3. The third-order valence-electron chi connectivity index (χ3n) is 2.70. The summed E-state index contributed by atoms with van der Waals surface area (Å²) in [4.78, 5) is 2.48. The largest absolute Gasteiger partial charge is 0.380 e. The molecule has 0 atom stereocenters. The quantitative estimate of drug-likeness (QED) is 0.671. The van der Waals surface area contributed by atoms with Crippen molar-refractivity contribution in [2.45, 2.75) is 26.3 Å². The summed E-state index contributed by atoms with van der Waals surface area (Å²) < 4.78 is 5.13. The molecule has 0 bridgehead atoms. The third kappa shape index (κ3) is 5.30. The first kappa shape index (κ1) is 12.7. The van der Waals surface area contributed by atoms with E-state index in [1.807, 2.05) is 0 Å². The van der Waals surface area contributed by atoms with Gasteiger partial charge in [-0.2, -0.15) is 0 Å². The molecule has 0 spiro atoms. The molecule has 0 aromatic carbocycles. The highest BCUT2D eigenvalue weighted by Crippen LogP contribution is 2.09. The fourth-order valence-corrected chi connectivity index (χ4v) is 1.78. The average molecular weight is 212 g/mol. The number of hydrogen-bond donors (Lipinski definition) is 1. The number of rotatable bonds is 6.